The van der Waals surface area contributed by atoms with Crippen LogP contribution < -0.4 is 9.80 Å². The molecule has 62 heavy (non-hydrogen) atoms. The van der Waals surface area contributed by atoms with Gasteiger partial charge in [0.25, 0.3) is 0 Å². The van der Waals surface area contributed by atoms with Gasteiger partial charge in [-0.15, -0.1) is 17.7 Å². The van der Waals surface area contributed by atoms with E-state index in [1.807, 2.05) is 92.4 Å². The van der Waals surface area contributed by atoms with E-state index in [1.54, 1.807) is 34.5 Å². The second kappa shape index (κ2) is 16.2. The normalized spacial score (nSPS) is 16.0. The monoisotopic (exact) mass is 998 g/mol. The van der Waals surface area contributed by atoms with Gasteiger partial charge in [0.05, 0.1) is 19.2 Å². The summed E-state index contributed by atoms with van der Waals surface area (Å²) in [5.74, 6) is 0.486. The van der Waals surface area contributed by atoms with Crippen LogP contribution in [0, 0.1) is 18.8 Å². The Kier molecular flexibility index (Phi) is 7.25. The van der Waals surface area contributed by atoms with Crippen molar-refractivity contribution in [3.8, 4) is 28.1 Å². The molecule has 0 unspecified atom stereocenters. The molecule has 0 saturated carbocycles. The van der Waals surface area contributed by atoms with Gasteiger partial charge in [0.15, 0.2) is 0 Å². The van der Waals surface area contributed by atoms with Crippen molar-refractivity contribution < 1.29 is 40.3 Å². The topological polar surface area (TPSA) is 24.3 Å². The number of nitrogens with zero attached hydrogens (tertiary/aromatic N) is 4. The molecule has 5 heteroatoms. The summed E-state index contributed by atoms with van der Waals surface area (Å²) < 4.78 is 126. The number of benzene rings is 7. The Morgan fingerprint density at radius 2 is 1.21 bits per heavy atom. The van der Waals surface area contributed by atoms with Crippen LogP contribution in [0.15, 0.2) is 170 Å². The van der Waals surface area contributed by atoms with E-state index in [-0.39, 0.29) is 78.6 Å². The van der Waals surface area contributed by atoms with E-state index in [9.17, 15) is 5.48 Å². The van der Waals surface area contributed by atoms with Gasteiger partial charge in [-0.3, -0.25) is 0 Å². The third-order valence-corrected chi connectivity index (χ3v) is 11.1. The summed E-state index contributed by atoms with van der Waals surface area (Å²) in [6.07, 6.45) is 2.02. The van der Waals surface area contributed by atoms with Crippen LogP contribution in [0.3, 0.4) is 0 Å². The van der Waals surface area contributed by atoms with E-state index in [1.165, 1.54) is 0 Å². The third kappa shape index (κ3) is 7.56. The van der Waals surface area contributed by atoms with Gasteiger partial charge in [-0.2, -0.15) is 53.6 Å². The molecule has 0 bridgehead atoms. The first-order valence-electron chi connectivity index (χ1n) is 27.1. The maximum atomic E-state index is 9.24. The molecule has 0 aliphatic carbocycles. The van der Waals surface area contributed by atoms with Crippen molar-refractivity contribution in [2.75, 3.05) is 9.80 Å². The predicted octanol–water partition coefficient (Wildman–Crippen LogP) is 14.7. The molecular formula is C57H49N4Pt-3. The Morgan fingerprint density at radius 1 is 0.597 bits per heavy atom. The molecule has 1 aliphatic heterocycles. The van der Waals surface area contributed by atoms with Crippen LogP contribution in [-0.2, 0) is 38.3 Å². The Hall–Kier alpha value is -6.22. The van der Waals surface area contributed by atoms with Gasteiger partial charge in [0, 0.05) is 61.0 Å². The zero-order valence-corrected chi connectivity index (χ0v) is 37.2. The summed E-state index contributed by atoms with van der Waals surface area (Å²) in [4.78, 5) is 8.37. The van der Waals surface area contributed by atoms with Gasteiger partial charge in [-0.05, 0) is 87.3 Å². The summed E-state index contributed by atoms with van der Waals surface area (Å²) in [6, 6.07) is 25.0. The summed E-state index contributed by atoms with van der Waals surface area (Å²) >= 11 is 0. The Morgan fingerprint density at radius 3 is 1.87 bits per heavy atom. The third-order valence-electron chi connectivity index (χ3n) is 11.1. The molecule has 0 spiro atoms. The predicted molar refractivity (Wildman–Crippen MR) is 255 cm³/mol. The quantitative estimate of drug-likeness (QED) is 0.149. The molecular weight excluding hydrogens is 936 g/mol. The van der Waals surface area contributed by atoms with Crippen molar-refractivity contribution in [3.63, 3.8) is 0 Å². The molecule has 7 aromatic carbocycles. The summed E-state index contributed by atoms with van der Waals surface area (Å²) in [5.41, 5.74) is 5.18. The first kappa shape index (κ1) is 27.7. The number of pyridine rings is 1. The standard InChI is InChI=1S/C57H49N4.Pt/c1-56(2,3)43-30-31-58-54(37-43)61-50-25-14-13-24-46(50)47-29-28-40(34-53(47)61)32-39-18-17-23-45(33-39)59-38-60(52-27-16-15-26-51(52)59)55-48(41-19-9-7-10-20-41)35-44(57(4,5)6)36-49(55)42-21-11-8-12-22-42;/h7-31,35-38H,32H2,1-6H3;/q-3;/i7D,8D,9D,10D,11D,12D,13D,14D,19D,20D,21D,22D,24D,25D;. The SMILES string of the molecule is [2H]c1c([2H])c([2H])c(-c2cc(C(C)(C)C)cc(-c3c([2H])c([2H])c([2H])c([2H])c3[2H])c2N2[CH-]N(c3[c-]c(Cc4[c-]c5c(cc4)c4c([2H])c([2H])c([2H])c([2H])c4n5-c4cc(C(C)(C)C)ccn4)ccc3)c3ccccc32)c([2H])c1[2H].[Pt]. The van der Waals surface area contributed by atoms with Gasteiger partial charge in [-0.25, -0.2) is 4.98 Å². The molecule has 0 atom stereocenters. The van der Waals surface area contributed by atoms with Gasteiger partial charge < -0.3 is 14.4 Å². The van der Waals surface area contributed by atoms with E-state index in [0.29, 0.717) is 56.7 Å². The van der Waals surface area contributed by atoms with Crippen LogP contribution in [0.4, 0.5) is 22.7 Å². The number of hydrogen-bond donors (Lipinski definition) is 0. The van der Waals surface area contributed by atoms with Crippen LogP contribution in [-0.4, -0.2) is 9.55 Å². The van der Waals surface area contributed by atoms with Crippen LogP contribution in [0.5, 0.6) is 0 Å². The van der Waals surface area contributed by atoms with E-state index < -0.39 is 65.8 Å². The van der Waals surface area contributed by atoms with Crippen molar-refractivity contribution in [3.05, 3.63) is 211 Å². The van der Waals surface area contributed by atoms with Gasteiger partial charge in [0.1, 0.15) is 5.82 Å². The summed E-state index contributed by atoms with van der Waals surface area (Å²) in [7, 11) is 0. The molecule has 0 amide bonds. The summed E-state index contributed by atoms with van der Waals surface area (Å²) in [6.45, 7) is 13.8. The zero-order valence-electron chi connectivity index (χ0n) is 49.0. The molecule has 10 rings (SSSR count). The largest absolute Gasteiger partial charge is 0.493 e. The number of fused-ring (bicyclic) bond motifs is 4. The van der Waals surface area contributed by atoms with Crippen molar-refractivity contribution in [2.24, 2.45) is 0 Å². The Labute approximate surface area is 400 Å². The van der Waals surface area contributed by atoms with E-state index in [4.69, 9.17) is 18.7 Å². The van der Waals surface area contributed by atoms with E-state index in [2.05, 4.69) is 32.9 Å². The second-order valence-corrected chi connectivity index (χ2v) is 17.2. The van der Waals surface area contributed by atoms with Crippen LogP contribution in [0.2, 0.25) is 0 Å². The van der Waals surface area contributed by atoms with E-state index >= 15 is 0 Å². The molecule has 0 N–H and O–H groups in total. The molecule has 0 fully saturated rings. The molecule has 310 valence electrons. The van der Waals surface area contributed by atoms with Crippen LogP contribution in [0.25, 0.3) is 49.9 Å². The average Bonchev–Trinajstić information content (AvgIpc) is 3.96. The fraction of sp³-hybridized carbons (Fsp3) is 0.158. The van der Waals surface area contributed by atoms with E-state index in [0.717, 1.165) is 16.7 Å². The molecule has 4 nitrogen and oxygen atoms in total. The van der Waals surface area contributed by atoms with Crippen molar-refractivity contribution in [1.82, 2.24) is 9.55 Å². The molecule has 2 aromatic heterocycles. The van der Waals surface area contributed by atoms with Gasteiger partial charge in [0.2, 0.25) is 0 Å². The fourth-order valence-corrected chi connectivity index (χ4v) is 7.93. The number of hydrogen-bond acceptors (Lipinski definition) is 3. The minimum atomic E-state index is -0.643. The summed E-state index contributed by atoms with van der Waals surface area (Å²) in [5, 5.41) is 0.951. The maximum absolute atomic E-state index is 9.24. The fourth-order valence-electron chi connectivity index (χ4n) is 7.93. The average molecular weight is 999 g/mol. The smallest absolute Gasteiger partial charge is 0.135 e. The van der Waals surface area contributed by atoms with Gasteiger partial charge >= 0.3 is 0 Å². The van der Waals surface area contributed by atoms with Crippen LogP contribution in [0.1, 0.15) is 83.0 Å². The minimum absolute atomic E-state index is 0. The molecule has 9 aromatic rings. The minimum Gasteiger partial charge on any atom is -0.493 e. The van der Waals surface area contributed by atoms with Crippen LogP contribution >= 0.6 is 0 Å². The number of aromatic nitrogens is 2. The first-order chi connectivity index (χ1) is 35.3. The Balaban J connectivity index is 0.00000706. The van der Waals surface area contributed by atoms with Crippen molar-refractivity contribution in [2.45, 2.75) is 58.8 Å². The molecule has 0 saturated heterocycles. The second-order valence-electron chi connectivity index (χ2n) is 17.2. The molecule has 0 radical (unpaired) electrons. The molecule has 3 heterocycles. The zero-order chi connectivity index (χ0) is 54.1. The number of rotatable bonds is 7. The maximum Gasteiger partial charge on any atom is 0.135 e. The first-order valence-corrected chi connectivity index (χ1v) is 20.1. The Bertz CT molecular complexity index is 3750. The number of para-hydroxylation sites is 3. The van der Waals surface area contributed by atoms with Crippen molar-refractivity contribution >= 4 is 44.6 Å². The number of anilines is 4. The molecule has 1 aliphatic rings. The van der Waals surface area contributed by atoms with Crippen molar-refractivity contribution in [1.29, 1.82) is 0 Å². The van der Waals surface area contributed by atoms with Gasteiger partial charge in [-0.1, -0.05) is 138 Å².